The van der Waals surface area contributed by atoms with Crippen molar-refractivity contribution in [3.63, 3.8) is 0 Å². The number of benzene rings is 1. The second-order valence-electron chi connectivity index (χ2n) is 5.21. The Labute approximate surface area is 120 Å². The number of ether oxygens (including phenoxy) is 2. The van der Waals surface area contributed by atoms with Crippen LogP contribution >= 0.6 is 0 Å². The molecule has 110 valence electrons. The number of esters is 1. The molecule has 1 aliphatic heterocycles. The molecular formula is C16H23NO3. The first-order chi connectivity index (χ1) is 9.63. The first kappa shape index (κ1) is 15.0. The Bertz CT molecular complexity index is 447. The topological polar surface area (TPSA) is 38.8 Å². The lowest BCUT2D eigenvalue weighted by atomic mass is 10.1. The Kier molecular flexibility index (Phi) is 5.15. The molecule has 0 spiro atoms. The maximum atomic E-state index is 12.4. The first-order valence-electron chi connectivity index (χ1n) is 7.23. The quantitative estimate of drug-likeness (QED) is 0.625. The largest absolute Gasteiger partial charge is 0.425 e. The molecule has 1 unspecified atom stereocenters. The summed E-state index contributed by atoms with van der Waals surface area (Å²) in [5, 5.41) is 0. The molecule has 2 rings (SSSR count). The molecule has 0 amide bonds. The van der Waals surface area contributed by atoms with E-state index in [0.717, 1.165) is 30.6 Å². The van der Waals surface area contributed by atoms with Crippen molar-refractivity contribution >= 4 is 5.97 Å². The summed E-state index contributed by atoms with van der Waals surface area (Å²) in [6.45, 7) is 8.91. The number of rotatable bonds is 4. The fraction of sp³-hybridized carbons (Fsp3) is 0.562. The molecule has 1 atom stereocenters. The van der Waals surface area contributed by atoms with E-state index >= 15 is 0 Å². The second-order valence-corrected chi connectivity index (χ2v) is 5.21. The predicted molar refractivity (Wildman–Crippen MR) is 78.0 cm³/mol. The molecule has 0 N–H and O–H groups in total. The monoisotopic (exact) mass is 277 g/mol. The van der Waals surface area contributed by atoms with E-state index in [9.17, 15) is 4.79 Å². The Morgan fingerprint density at radius 3 is 2.45 bits per heavy atom. The van der Waals surface area contributed by atoms with E-state index in [1.54, 1.807) is 0 Å². The van der Waals surface area contributed by atoms with Crippen LogP contribution in [-0.4, -0.2) is 43.2 Å². The van der Waals surface area contributed by atoms with Crippen LogP contribution in [0, 0.1) is 13.8 Å². The SMILES string of the molecule is CCC(C(=O)Oc1c(C)cccc1C)N1CCOCC1. The Balaban J connectivity index is 2.09. The van der Waals surface area contributed by atoms with E-state index < -0.39 is 0 Å². The van der Waals surface area contributed by atoms with E-state index in [0.29, 0.717) is 19.0 Å². The summed E-state index contributed by atoms with van der Waals surface area (Å²) in [6, 6.07) is 5.72. The van der Waals surface area contributed by atoms with Crippen molar-refractivity contribution < 1.29 is 14.3 Å². The average Bonchev–Trinajstić information content (AvgIpc) is 2.45. The molecule has 1 aliphatic rings. The summed E-state index contributed by atoms with van der Waals surface area (Å²) in [7, 11) is 0. The van der Waals surface area contributed by atoms with E-state index in [2.05, 4.69) is 4.90 Å². The van der Waals surface area contributed by atoms with E-state index in [1.165, 1.54) is 0 Å². The summed E-state index contributed by atoms with van der Waals surface area (Å²) >= 11 is 0. The maximum Gasteiger partial charge on any atom is 0.328 e. The Morgan fingerprint density at radius 2 is 1.90 bits per heavy atom. The first-order valence-corrected chi connectivity index (χ1v) is 7.23. The smallest absolute Gasteiger partial charge is 0.328 e. The van der Waals surface area contributed by atoms with Crippen LogP contribution < -0.4 is 4.74 Å². The minimum absolute atomic E-state index is 0.160. The average molecular weight is 277 g/mol. The molecule has 1 saturated heterocycles. The fourth-order valence-electron chi connectivity index (χ4n) is 2.59. The summed E-state index contributed by atoms with van der Waals surface area (Å²) in [6.07, 6.45) is 0.754. The molecule has 1 aromatic rings. The zero-order valence-corrected chi connectivity index (χ0v) is 12.5. The van der Waals surface area contributed by atoms with Crippen LogP contribution in [-0.2, 0) is 9.53 Å². The number of morpholine rings is 1. The van der Waals surface area contributed by atoms with Crippen LogP contribution in [0.5, 0.6) is 5.75 Å². The van der Waals surface area contributed by atoms with Crippen molar-refractivity contribution in [3.8, 4) is 5.75 Å². The fourth-order valence-corrected chi connectivity index (χ4v) is 2.59. The summed E-state index contributed by atoms with van der Waals surface area (Å²) in [5.74, 6) is 0.538. The zero-order valence-electron chi connectivity index (χ0n) is 12.5. The van der Waals surface area contributed by atoms with E-state index in [1.807, 2.05) is 39.0 Å². The molecule has 1 aromatic carbocycles. The molecule has 0 radical (unpaired) electrons. The van der Waals surface area contributed by atoms with Gasteiger partial charge in [0.2, 0.25) is 0 Å². The third-order valence-electron chi connectivity index (χ3n) is 3.76. The summed E-state index contributed by atoms with van der Waals surface area (Å²) in [5.41, 5.74) is 1.99. The van der Waals surface area contributed by atoms with Gasteiger partial charge >= 0.3 is 5.97 Å². The Hall–Kier alpha value is -1.39. The number of aryl methyl sites for hydroxylation is 2. The molecular weight excluding hydrogens is 254 g/mol. The third kappa shape index (κ3) is 3.38. The Morgan fingerprint density at radius 1 is 1.30 bits per heavy atom. The molecule has 20 heavy (non-hydrogen) atoms. The minimum Gasteiger partial charge on any atom is -0.425 e. The standard InChI is InChI=1S/C16H23NO3/c1-4-14(17-8-10-19-11-9-17)16(18)20-15-12(2)6-5-7-13(15)3/h5-7,14H,4,8-11H2,1-3H3. The van der Waals surface area contributed by atoms with Crippen molar-refractivity contribution in [3.05, 3.63) is 29.3 Å². The van der Waals surface area contributed by atoms with Crippen molar-refractivity contribution in [1.29, 1.82) is 0 Å². The molecule has 4 nitrogen and oxygen atoms in total. The van der Waals surface area contributed by atoms with Gasteiger partial charge in [-0.3, -0.25) is 4.90 Å². The van der Waals surface area contributed by atoms with E-state index in [4.69, 9.17) is 9.47 Å². The molecule has 0 aromatic heterocycles. The van der Waals surface area contributed by atoms with Gasteiger partial charge < -0.3 is 9.47 Å². The number of hydrogen-bond donors (Lipinski definition) is 0. The lowest BCUT2D eigenvalue weighted by Crippen LogP contribution is -2.48. The van der Waals surface area contributed by atoms with Gasteiger partial charge in [-0.2, -0.15) is 0 Å². The van der Waals surface area contributed by atoms with Gasteiger partial charge in [-0.25, -0.2) is 4.79 Å². The lowest BCUT2D eigenvalue weighted by Gasteiger charge is -2.32. The van der Waals surface area contributed by atoms with Crippen molar-refractivity contribution in [2.24, 2.45) is 0 Å². The van der Waals surface area contributed by atoms with Gasteiger partial charge in [0.15, 0.2) is 0 Å². The lowest BCUT2D eigenvalue weighted by molar-refractivity contribution is -0.142. The van der Waals surface area contributed by atoms with E-state index in [-0.39, 0.29) is 12.0 Å². The third-order valence-corrected chi connectivity index (χ3v) is 3.76. The highest BCUT2D eigenvalue weighted by molar-refractivity contribution is 5.78. The number of carbonyl (C=O) groups excluding carboxylic acids is 1. The molecule has 4 heteroatoms. The van der Waals surface area contributed by atoms with Crippen LogP contribution in [0.4, 0.5) is 0 Å². The minimum atomic E-state index is -0.182. The highest BCUT2D eigenvalue weighted by Gasteiger charge is 2.28. The van der Waals surface area contributed by atoms with Gasteiger partial charge in [-0.1, -0.05) is 25.1 Å². The highest BCUT2D eigenvalue weighted by atomic mass is 16.5. The van der Waals surface area contributed by atoms with Crippen LogP contribution in [0.1, 0.15) is 24.5 Å². The van der Waals surface area contributed by atoms with Gasteiger partial charge in [0.05, 0.1) is 13.2 Å². The second kappa shape index (κ2) is 6.86. The molecule has 1 heterocycles. The van der Waals surface area contributed by atoms with Crippen molar-refractivity contribution in [1.82, 2.24) is 4.90 Å². The zero-order chi connectivity index (χ0) is 14.5. The maximum absolute atomic E-state index is 12.4. The van der Waals surface area contributed by atoms with Gasteiger partial charge in [0, 0.05) is 13.1 Å². The number of hydrogen-bond acceptors (Lipinski definition) is 4. The number of nitrogens with zero attached hydrogens (tertiary/aromatic N) is 1. The van der Waals surface area contributed by atoms with Gasteiger partial charge in [0.1, 0.15) is 11.8 Å². The molecule has 1 fully saturated rings. The molecule has 0 aliphatic carbocycles. The summed E-state index contributed by atoms with van der Waals surface area (Å²) in [4.78, 5) is 14.6. The van der Waals surface area contributed by atoms with Gasteiger partial charge in [0.25, 0.3) is 0 Å². The predicted octanol–water partition coefficient (Wildman–Crippen LogP) is 2.32. The van der Waals surface area contributed by atoms with Crippen LogP contribution in [0.15, 0.2) is 18.2 Å². The normalized spacial score (nSPS) is 17.8. The van der Waals surface area contributed by atoms with Gasteiger partial charge in [-0.15, -0.1) is 0 Å². The van der Waals surface area contributed by atoms with Crippen molar-refractivity contribution in [2.75, 3.05) is 26.3 Å². The molecule has 0 bridgehead atoms. The van der Waals surface area contributed by atoms with Crippen LogP contribution in [0.25, 0.3) is 0 Å². The number of carbonyl (C=O) groups is 1. The van der Waals surface area contributed by atoms with Crippen LogP contribution in [0.2, 0.25) is 0 Å². The summed E-state index contributed by atoms with van der Waals surface area (Å²) < 4.78 is 11.0. The van der Waals surface area contributed by atoms with Gasteiger partial charge in [-0.05, 0) is 31.4 Å². The molecule has 0 saturated carbocycles. The highest BCUT2D eigenvalue weighted by Crippen LogP contribution is 2.23. The number of para-hydroxylation sites is 1. The van der Waals surface area contributed by atoms with Crippen LogP contribution in [0.3, 0.4) is 0 Å². The van der Waals surface area contributed by atoms with Crippen molar-refractivity contribution in [2.45, 2.75) is 33.2 Å².